The smallest absolute Gasteiger partial charge is 0.265 e. The number of halogens is 1. The molecule has 23 heavy (non-hydrogen) atoms. The summed E-state index contributed by atoms with van der Waals surface area (Å²) in [5.41, 5.74) is 0.939. The zero-order valence-electron chi connectivity index (χ0n) is 12.7. The van der Waals surface area contributed by atoms with Gasteiger partial charge in [-0.2, -0.15) is 0 Å². The summed E-state index contributed by atoms with van der Waals surface area (Å²) < 4.78 is 10.7. The number of anilines is 1. The number of hydrogen-bond acceptors (Lipinski definition) is 4. The van der Waals surface area contributed by atoms with Crippen LogP contribution in [0.4, 0.5) is 5.69 Å². The predicted molar refractivity (Wildman–Crippen MR) is 88.6 cm³/mol. The van der Waals surface area contributed by atoms with E-state index >= 15 is 0 Å². The van der Waals surface area contributed by atoms with Crippen molar-refractivity contribution >= 4 is 29.5 Å². The molecule has 0 fully saturated rings. The summed E-state index contributed by atoms with van der Waals surface area (Å²) in [4.78, 5) is 23.0. The van der Waals surface area contributed by atoms with Crippen molar-refractivity contribution in [3.8, 4) is 11.5 Å². The Morgan fingerprint density at radius 2 is 2.04 bits per heavy atom. The largest absolute Gasteiger partial charge is 0.495 e. The number of rotatable bonds is 6. The van der Waals surface area contributed by atoms with Crippen LogP contribution in [-0.2, 0) is 4.79 Å². The standard InChI is InChI=1S/C17H16ClNO4/c1-11(23-14-5-3-4-12(8-14)10-20)17(21)19-15-9-13(18)6-7-16(15)22-2/h3-11H,1-2H3,(H,19,21)/t11-/m1/s1. The molecule has 0 aliphatic heterocycles. The highest BCUT2D eigenvalue weighted by molar-refractivity contribution is 6.31. The Hall–Kier alpha value is -2.53. The molecular formula is C17H16ClNO4. The van der Waals surface area contributed by atoms with Crippen LogP contribution in [0.15, 0.2) is 42.5 Å². The Labute approximate surface area is 139 Å². The van der Waals surface area contributed by atoms with Gasteiger partial charge in [-0.05, 0) is 37.3 Å². The van der Waals surface area contributed by atoms with E-state index in [4.69, 9.17) is 21.1 Å². The van der Waals surface area contributed by atoms with Gasteiger partial charge in [0.25, 0.3) is 5.91 Å². The molecule has 5 nitrogen and oxygen atoms in total. The first kappa shape index (κ1) is 16.8. The van der Waals surface area contributed by atoms with Crippen LogP contribution in [0.3, 0.4) is 0 Å². The van der Waals surface area contributed by atoms with Crippen molar-refractivity contribution in [1.29, 1.82) is 0 Å². The van der Waals surface area contributed by atoms with E-state index in [-0.39, 0.29) is 5.91 Å². The van der Waals surface area contributed by atoms with Gasteiger partial charge in [-0.15, -0.1) is 0 Å². The molecule has 6 heteroatoms. The minimum Gasteiger partial charge on any atom is -0.495 e. The average Bonchev–Trinajstić information content (AvgIpc) is 2.55. The van der Waals surface area contributed by atoms with Gasteiger partial charge in [0.2, 0.25) is 0 Å². The topological polar surface area (TPSA) is 64.6 Å². The third kappa shape index (κ3) is 4.47. The number of amides is 1. The summed E-state index contributed by atoms with van der Waals surface area (Å²) in [6.07, 6.45) is -0.0466. The molecule has 0 aliphatic rings. The van der Waals surface area contributed by atoms with Crippen molar-refractivity contribution < 1.29 is 19.1 Å². The lowest BCUT2D eigenvalue weighted by molar-refractivity contribution is -0.122. The first-order chi connectivity index (χ1) is 11.0. The van der Waals surface area contributed by atoms with Crippen molar-refractivity contribution in [2.45, 2.75) is 13.0 Å². The van der Waals surface area contributed by atoms with Gasteiger partial charge in [0.05, 0.1) is 12.8 Å². The lowest BCUT2D eigenvalue weighted by Crippen LogP contribution is -2.30. The molecule has 0 saturated carbocycles. The number of ether oxygens (including phenoxy) is 2. The Morgan fingerprint density at radius 3 is 2.74 bits per heavy atom. The molecular weight excluding hydrogens is 318 g/mol. The zero-order valence-corrected chi connectivity index (χ0v) is 13.5. The second-order valence-electron chi connectivity index (χ2n) is 4.78. The molecule has 2 aromatic rings. The monoisotopic (exact) mass is 333 g/mol. The molecule has 2 rings (SSSR count). The fourth-order valence-electron chi connectivity index (χ4n) is 1.93. The minimum absolute atomic E-state index is 0.359. The highest BCUT2D eigenvalue weighted by atomic mass is 35.5. The van der Waals surface area contributed by atoms with Crippen LogP contribution in [0.5, 0.6) is 11.5 Å². The molecule has 0 aromatic heterocycles. The van der Waals surface area contributed by atoms with Crippen LogP contribution in [0.25, 0.3) is 0 Å². The molecule has 0 radical (unpaired) electrons. The van der Waals surface area contributed by atoms with Crippen LogP contribution in [0.2, 0.25) is 5.02 Å². The second-order valence-corrected chi connectivity index (χ2v) is 5.22. The van der Waals surface area contributed by atoms with Gasteiger partial charge in [-0.3, -0.25) is 9.59 Å². The van der Waals surface area contributed by atoms with Gasteiger partial charge in [0.15, 0.2) is 6.10 Å². The molecule has 0 heterocycles. The van der Waals surface area contributed by atoms with Crippen LogP contribution in [-0.4, -0.2) is 25.4 Å². The summed E-state index contributed by atoms with van der Waals surface area (Å²) in [7, 11) is 1.50. The van der Waals surface area contributed by atoms with Crippen LogP contribution in [0.1, 0.15) is 17.3 Å². The third-order valence-corrected chi connectivity index (χ3v) is 3.33. The Balaban J connectivity index is 2.08. The third-order valence-electron chi connectivity index (χ3n) is 3.10. The summed E-state index contributed by atoms with van der Waals surface area (Å²) in [5, 5.41) is 3.19. The maximum atomic E-state index is 12.2. The maximum Gasteiger partial charge on any atom is 0.265 e. The van der Waals surface area contributed by atoms with Gasteiger partial charge in [0, 0.05) is 10.6 Å². The first-order valence-corrected chi connectivity index (χ1v) is 7.27. The van der Waals surface area contributed by atoms with Gasteiger partial charge >= 0.3 is 0 Å². The molecule has 2 aromatic carbocycles. The van der Waals surface area contributed by atoms with Crippen LogP contribution in [0, 0.1) is 0 Å². The van der Waals surface area contributed by atoms with Gasteiger partial charge in [0.1, 0.15) is 17.8 Å². The number of methoxy groups -OCH3 is 1. The zero-order chi connectivity index (χ0) is 16.8. The van der Waals surface area contributed by atoms with E-state index in [1.54, 1.807) is 49.4 Å². The molecule has 0 aliphatic carbocycles. The molecule has 0 saturated heterocycles. The normalized spacial score (nSPS) is 11.4. The molecule has 120 valence electrons. The number of hydrogen-bond donors (Lipinski definition) is 1. The highest BCUT2D eigenvalue weighted by Gasteiger charge is 2.17. The summed E-state index contributed by atoms with van der Waals surface area (Å²) in [6.45, 7) is 1.61. The Bertz CT molecular complexity index is 717. The number of benzene rings is 2. The van der Waals surface area contributed by atoms with Crippen molar-refractivity contribution in [2.75, 3.05) is 12.4 Å². The first-order valence-electron chi connectivity index (χ1n) is 6.90. The highest BCUT2D eigenvalue weighted by Crippen LogP contribution is 2.28. The number of carbonyl (C=O) groups is 2. The summed E-state index contributed by atoms with van der Waals surface area (Å²) >= 11 is 5.93. The molecule has 1 amide bonds. The maximum absolute atomic E-state index is 12.2. The molecule has 1 atom stereocenters. The fraction of sp³-hybridized carbons (Fsp3) is 0.176. The van der Waals surface area contributed by atoms with E-state index in [1.165, 1.54) is 7.11 Å². The van der Waals surface area contributed by atoms with Gasteiger partial charge in [-0.25, -0.2) is 0 Å². The van der Waals surface area contributed by atoms with Crippen molar-refractivity contribution in [3.63, 3.8) is 0 Å². The Kier molecular flexibility index (Phi) is 5.60. The van der Waals surface area contributed by atoms with E-state index in [9.17, 15) is 9.59 Å². The lowest BCUT2D eigenvalue weighted by Gasteiger charge is -2.16. The Morgan fingerprint density at radius 1 is 1.26 bits per heavy atom. The van der Waals surface area contributed by atoms with Gasteiger partial charge in [-0.1, -0.05) is 23.7 Å². The summed E-state index contributed by atoms with van der Waals surface area (Å²) in [6, 6.07) is 11.5. The number of carbonyl (C=O) groups excluding carboxylic acids is 2. The van der Waals surface area contributed by atoms with E-state index in [0.29, 0.717) is 34.1 Å². The van der Waals surface area contributed by atoms with Gasteiger partial charge < -0.3 is 14.8 Å². The van der Waals surface area contributed by atoms with Crippen molar-refractivity contribution in [3.05, 3.63) is 53.1 Å². The predicted octanol–water partition coefficient (Wildman–Crippen LogP) is 3.57. The number of aldehydes is 1. The van der Waals surface area contributed by atoms with Crippen molar-refractivity contribution in [2.24, 2.45) is 0 Å². The molecule has 0 bridgehead atoms. The molecule has 1 N–H and O–H groups in total. The lowest BCUT2D eigenvalue weighted by atomic mass is 10.2. The van der Waals surface area contributed by atoms with E-state index < -0.39 is 6.10 Å². The van der Waals surface area contributed by atoms with E-state index in [1.807, 2.05) is 0 Å². The second kappa shape index (κ2) is 7.65. The molecule has 0 spiro atoms. The average molecular weight is 334 g/mol. The molecule has 0 unspecified atom stereocenters. The summed E-state index contributed by atoms with van der Waals surface area (Å²) in [5.74, 6) is 0.579. The SMILES string of the molecule is COc1ccc(Cl)cc1NC(=O)[C@@H](C)Oc1cccc(C=O)c1. The van der Waals surface area contributed by atoms with E-state index in [0.717, 1.165) is 0 Å². The fourth-order valence-corrected chi connectivity index (χ4v) is 2.10. The minimum atomic E-state index is -0.763. The van der Waals surface area contributed by atoms with E-state index in [2.05, 4.69) is 5.32 Å². The quantitative estimate of drug-likeness (QED) is 0.821. The van der Waals surface area contributed by atoms with Crippen LogP contribution < -0.4 is 14.8 Å². The van der Waals surface area contributed by atoms with Crippen molar-refractivity contribution in [1.82, 2.24) is 0 Å². The van der Waals surface area contributed by atoms with Crippen LogP contribution >= 0.6 is 11.6 Å². The number of nitrogens with one attached hydrogen (secondary N) is 1.